The van der Waals surface area contributed by atoms with Crippen LogP contribution in [0.2, 0.25) is 0 Å². The Morgan fingerprint density at radius 3 is 2.03 bits per heavy atom. The van der Waals surface area contributed by atoms with Crippen LogP contribution in [0.5, 0.6) is 11.5 Å². The van der Waals surface area contributed by atoms with Crippen molar-refractivity contribution in [2.45, 2.75) is 34.6 Å². The predicted octanol–water partition coefficient (Wildman–Crippen LogP) is 7.30. The molecule has 0 aromatic heterocycles. The molecular weight excluding hydrogens is 461 g/mol. The Kier molecular flexibility index (Phi) is 5.06. The van der Waals surface area contributed by atoms with Crippen molar-refractivity contribution in [3.63, 3.8) is 0 Å². The first-order valence-corrected chi connectivity index (χ1v) is 13.4. The van der Waals surface area contributed by atoms with Crippen LogP contribution in [0.4, 0.5) is 17.1 Å². The zero-order chi connectivity index (χ0) is 26.1. The van der Waals surface area contributed by atoms with Crippen LogP contribution in [0, 0.1) is 34.6 Å². The number of benzene rings is 5. The van der Waals surface area contributed by atoms with E-state index in [-0.39, 0.29) is 6.71 Å². The Labute approximate surface area is 225 Å². The zero-order valence-corrected chi connectivity index (χ0v) is 22.6. The molecule has 2 aliphatic rings. The summed E-state index contributed by atoms with van der Waals surface area (Å²) in [7, 11) is 0. The summed E-state index contributed by atoms with van der Waals surface area (Å²) in [6.07, 6.45) is 0. The van der Waals surface area contributed by atoms with Crippen molar-refractivity contribution in [3.8, 4) is 22.6 Å². The molecule has 0 unspecified atom stereocenters. The SMILES string of the molecule is Cc1cc(C)c(-c2ccc3c4c2Oc2cc(C)cc(C)c2B4c2ccccc2N3c2ccccc2)c(C)c1. The van der Waals surface area contributed by atoms with Gasteiger partial charge in [0.15, 0.2) is 0 Å². The van der Waals surface area contributed by atoms with Gasteiger partial charge in [-0.2, -0.15) is 0 Å². The third-order valence-electron chi connectivity index (χ3n) is 8.15. The van der Waals surface area contributed by atoms with Crippen molar-refractivity contribution in [2.24, 2.45) is 0 Å². The van der Waals surface area contributed by atoms with Crippen LogP contribution in [0.3, 0.4) is 0 Å². The average molecular weight is 491 g/mol. The standard InChI is InChI=1S/C35H30BNO/c1-21-17-23(3)32(24(4)18-21)27-15-16-30-34-35(27)38-31-20-22(2)19-25(5)33(31)36(34)28-13-9-10-14-29(28)37(30)26-11-7-6-8-12-26/h6-20H,1-5H3. The Hall–Kier alpha value is -4.24. The lowest BCUT2D eigenvalue weighted by molar-refractivity contribution is 0.488. The molecule has 0 atom stereocenters. The van der Waals surface area contributed by atoms with Crippen molar-refractivity contribution in [2.75, 3.05) is 4.90 Å². The number of anilines is 3. The molecule has 0 aliphatic carbocycles. The van der Waals surface area contributed by atoms with Crippen molar-refractivity contribution in [1.29, 1.82) is 0 Å². The van der Waals surface area contributed by atoms with E-state index in [0.717, 1.165) is 17.2 Å². The van der Waals surface area contributed by atoms with E-state index < -0.39 is 0 Å². The van der Waals surface area contributed by atoms with E-state index in [4.69, 9.17) is 4.74 Å². The van der Waals surface area contributed by atoms with Gasteiger partial charge < -0.3 is 9.64 Å². The van der Waals surface area contributed by atoms with Crippen LogP contribution in [0.1, 0.15) is 27.8 Å². The predicted molar refractivity (Wildman–Crippen MR) is 161 cm³/mol. The van der Waals surface area contributed by atoms with Crippen molar-refractivity contribution >= 4 is 40.2 Å². The summed E-state index contributed by atoms with van der Waals surface area (Å²) < 4.78 is 6.98. The van der Waals surface area contributed by atoms with Crippen LogP contribution in [0.15, 0.2) is 91.0 Å². The summed E-state index contributed by atoms with van der Waals surface area (Å²) in [5.41, 5.74) is 16.2. The van der Waals surface area contributed by atoms with Gasteiger partial charge in [-0.05, 0) is 110 Å². The Morgan fingerprint density at radius 1 is 0.605 bits per heavy atom. The fraction of sp³-hybridized carbons (Fsp3) is 0.143. The minimum Gasteiger partial charge on any atom is -0.458 e. The van der Waals surface area contributed by atoms with Crippen LogP contribution < -0.4 is 26.0 Å². The lowest BCUT2D eigenvalue weighted by atomic mass is 9.33. The first-order valence-electron chi connectivity index (χ1n) is 13.4. The molecule has 2 aliphatic heterocycles. The highest BCUT2D eigenvalue weighted by molar-refractivity contribution is 6.99. The fourth-order valence-electron chi connectivity index (χ4n) is 6.85. The monoisotopic (exact) mass is 491 g/mol. The minimum absolute atomic E-state index is 0.103. The largest absolute Gasteiger partial charge is 0.458 e. The maximum Gasteiger partial charge on any atom is 0.256 e. The Bertz CT molecular complexity index is 1730. The number of fused-ring (bicyclic) bond motifs is 4. The molecule has 38 heavy (non-hydrogen) atoms. The summed E-state index contributed by atoms with van der Waals surface area (Å²) in [4.78, 5) is 2.40. The smallest absolute Gasteiger partial charge is 0.256 e. The molecule has 0 N–H and O–H groups in total. The third kappa shape index (κ3) is 3.28. The summed E-state index contributed by atoms with van der Waals surface area (Å²) in [5, 5.41) is 0. The van der Waals surface area contributed by atoms with Crippen LogP contribution in [-0.4, -0.2) is 6.71 Å². The number of ether oxygens (including phenoxy) is 1. The highest BCUT2D eigenvalue weighted by Gasteiger charge is 2.43. The van der Waals surface area contributed by atoms with E-state index in [1.165, 1.54) is 66.7 Å². The van der Waals surface area contributed by atoms with Crippen molar-refractivity contribution in [3.05, 3.63) is 119 Å². The van der Waals surface area contributed by atoms with Crippen LogP contribution in [-0.2, 0) is 0 Å². The van der Waals surface area contributed by atoms with Gasteiger partial charge in [0.25, 0.3) is 6.71 Å². The highest BCUT2D eigenvalue weighted by Crippen LogP contribution is 2.45. The maximum absolute atomic E-state index is 6.98. The number of para-hydroxylation sites is 2. The van der Waals surface area contributed by atoms with E-state index in [0.29, 0.717) is 0 Å². The number of rotatable bonds is 2. The van der Waals surface area contributed by atoms with Crippen LogP contribution >= 0.6 is 0 Å². The first kappa shape index (κ1) is 22.9. The fourth-order valence-corrected chi connectivity index (χ4v) is 6.85. The third-order valence-corrected chi connectivity index (χ3v) is 8.15. The van der Waals surface area contributed by atoms with Gasteiger partial charge in [-0.1, -0.05) is 65.7 Å². The summed E-state index contributed by atoms with van der Waals surface area (Å²) in [5.74, 6) is 1.96. The van der Waals surface area contributed by atoms with E-state index >= 15 is 0 Å². The molecular formula is C35H30BNO. The summed E-state index contributed by atoms with van der Waals surface area (Å²) in [6, 6.07) is 33.2. The molecule has 0 saturated carbocycles. The number of hydrogen-bond donors (Lipinski definition) is 0. The summed E-state index contributed by atoms with van der Waals surface area (Å²) >= 11 is 0. The lowest BCUT2D eigenvalue weighted by Crippen LogP contribution is -2.60. The Morgan fingerprint density at radius 2 is 1.26 bits per heavy atom. The van der Waals surface area contributed by atoms with Crippen molar-refractivity contribution in [1.82, 2.24) is 0 Å². The normalized spacial score (nSPS) is 13.0. The van der Waals surface area contributed by atoms with Gasteiger partial charge in [-0.25, -0.2) is 0 Å². The molecule has 0 spiro atoms. The van der Waals surface area contributed by atoms with E-state index in [2.05, 4.69) is 131 Å². The quantitative estimate of drug-likeness (QED) is 0.235. The number of aryl methyl sites for hydroxylation is 5. The molecule has 0 radical (unpaired) electrons. The van der Waals surface area contributed by atoms with Gasteiger partial charge in [0, 0.05) is 22.6 Å². The number of nitrogens with zero attached hydrogens (tertiary/aromatic N) is 1. The van der Waals surface area contributed by atoms with Gasteiger partial charge in [0.05, 0.1) is 0 Å². The minimum atomic E-state index is 0.103. The van der Waals surface area contributed by atoms with Gasteiger partial charge in [-0.15, -0.1) is 0 Å². The molecule has 184 valence electrons. The van der Waals surface area contributed by atoms with E-state index in [9.17, 15) is 0 Å². The second-order valence-corrected chi connectivity index (χ2v) is 10.9. The molecule has 2 heterocycles. The molecule has 5 aromatic rings. The van der Waals surface area contributed by atoms with Crippen LogP contribution in [0.25, 0.3) is 11.1 Å². The average Bonchev–Trinajstić information content (AvgIpc) is 2.89. The molecule has 7 rings (SSSR count). The number of hydrogen-bond acceptors (Lipinski definition) is 2. The van der Waals surface area contributed by atoms with Gasteiger partial charge in [0.1, 0.15) is 11.5 Å². The summed E-state index contributed by atoms with van der Waals surface area (Å²) in [6.45, 7) is 11.1. The highest BCUT2D eigenvalue weighted by atomic mass is 16.5. The molecule has 0 fully saturated rings. The maximum atomic E-state index is 6.98. The lowest BCUT2D eigenvalue weighted by Gasteiger charge is -2.41. The van der Waals surface area contributed by atoms with E-state index in [1.807, 2.05) is 0 Å². The molecule has 3 heteroatoms. The molecule has 0 saturated heterocycles. The topological polar surface area (TPSA) is 12.5 Å². The zero-order valence-electron chi connectivity index (χ0n) is 22.6. The molecule has 0 bridgehead atoms. The second-order valence-electron chi connectivity index (χ2n) is 10.9. The van der Waals surface area contributed by atoms with Gasteiger partial charge in [-0.3, -0.25) is 0 Å². The van der Waals surface area contributed by atoms with Gasteiger partial charge >= 0.3 is 0 Å². The van der Waals surface area contributed by atoms with Crippen molar-refractivity contribution < 1.29 is 4.74 Å². The first-order chi connectivity index (χ1) is 18.4. The molecule has 5 aromatic carbocycles. The molecule has 2 nitrogen and oxygen atoms in total. The van der Waals surface area contributed by atoms with E-state index in [1.54, 1.807) is 0 Å². The molecule has 0 amide bonds. The Balaban J connectivity index is 1.60. The second kappa shape index (κ2) is 8.39. The van der Waals surface area contributed by atoms with Gasteiger partial charge in [0.2, 0.25) is 0 Å².